The van der Waals surface area contributed by atoms with Gasteiger partial charge in [-0.2, -0.15) is 0 Å². The number of halogens is 1. The lowest BCUT2D eigenvalue weighted by Gasteiger charge is -2.02. The van der Waals surface area contributed by atoms with E-state index in [0.29, 0.717) is 0 Å². The van der Waals surface area contributed by atoms with E-state index in [0.717, 1.165) is 16.7 Å². The predicted octanol–water partition coefficient (Wildman–Crippen LogP) is 2.93. The standard InChI is InChI=1S/C10H9ClN2/c1-7(11)10-6-12-8-4-2-3-5-9(8)13-10/h2-7H,1H3. The molecular formula is C10H9ClN2. The van der Waals surface area contributed by atoms with Gasteiger partial charge in [-0.3, -0.25) is 4.98 Å². The van der Waals surface area contributed by atoms with Crippen LogP contribution in [0, 0.1) is 0 Å². The highest BCUT2D eigenvalue weighted by Gasteiger charge is 2.03. The molecule has 0 spiro atoms. The number of benzene rings is 1. The fourth-order valence-corrected chi connectivity index (χ4v) is 1.27. The van der Waals surface area contributed by atoms with Crippen molar-refractivity contribution in [2.45, 2.75) is 12.3 Å². The molecule has 2 rings (SSSR count). The first-order valence-corrected chi connectivity index (χ1v) is 4.57. The summed E-state index contributed by atoms with van der Waals surface area (Å²) in [4.78, 5) is 8.64. The van der Waals surface area contributed by atoms with Crippen LogP contribution in [0.3, 0.4) is 0 Å². The van der Waals surface area contributed by atoms with Crippen molar-refractivity contribution < 1.29 is 0 Å². The highest BCUT2D eigenvalue weighted by atomic mass is 35.5. The van der Waals surface area contributed by atoms with Crippen LogP contribution in [0.1, 0.15) is 18.0 Å². The smallest absolute Gasteiger partial charge is 0.0890 e. The topological polar surface area (TPSA) is 25.8 Å². The zero-order valence-corrected chi connectivity index (χ0v) is 7.99. The lowest BCUT2D eigenvalue weighted by molar-refractivity contribution is 0.992. The van der Waals surface area contributed by atoms with E-state index in [9.17, 15) is 0 Å². The molecule has 0 amide bonds. The zero-order chi connectivity index (χ0) is 9.26. The van der Waals surface area contributed by atoms with Gasteiger partial charge in [0, 0.05) is 0 Å². The molecule has 1 aromatic heterocycles. The van der Waals surface area contributed by atoms with E-state index < -0.39 is 0 Å². The predicted molar refractivity (Wildman–Crippen MR) is 53.8 cm³/mol. The molecule has 0 aliphatic rings. The molecule has 0 saturated carbocycles. The molecule has 1 unspecified atom stereocenters. The van der Waals surface area contributed by atoms with Gasteiger partial charge in [-0.25, -0.2) is 4.98 Å². The van der Waals surface area contributed by atoms with Crippen LogP contribution in [0.15, 0.2) is 30.5 Å². The molecule has 0 N–H and O–H groups in total. The largest absolute Gasteiger partial charge is 0.253 e. The van der Waals surface area contributed by atoms with Gasteiger partial charge >= 0.3 is 0 Å². The van der Waals surface area contributed by atoms with Crippen molar-refractivity contribution in [3.05, 3.63) is 36.2 Å². The maximum absolute atomic E-state index is 5.90. The second-order valence-electron chi connectivity index (χ2n) is 2.90. The van der Waals surface area contributed by atoms with E-state index >= 15 is 0 Å². The number of hydrogen-bond acceptors (Lipinski definition) is 2. The summed E-state index contributed by atoms with van der Waals surface area (Å²) in [7, 11) is 0. The van der Waals surface area contributed by atoms with Crippen molar-refractivity contribution in [3.63, 3.8) is 0 Å². The maximum atomic E-state index is 5.90. The van der Waals surface area contributed by atoms with Crippen LogP contribution >= 0.6 is 11.6 Å². The monoisotopic (exact) mass is 192 g/mol. The molecule has 0 aliphatic heterocycles. The van der Waals surface area contributed by atoms with E-state index in [1.807, 2.05) is 31.2 Å². The molecule has 1 heterocycles. The van der Waals surface area contributed by atoms with Gasteiger partial charge < -0.3 is 0 Å². The van der Waals surface area contributed by atoms with E-state index in [2.05, 4.69) is 9.97 Å². The molecular weight excluding hydrogens is 184 g/mol. The summed E-state index contributed by atoms with van der Waals surface area (Å²) >= 11 is 5.90. The van der Waals surface area contributed by atoms with Crippen LogP contribution < -0.4 is 0 Å². The van der Waals surface area contributed by atoms with Crippen molar-refractivity contribution >= 4 is 22.6 Å². The highest BCUT2D eigenvalue weighted by molar-refractivity contribution is 6.20. The number of para-hydroxylation sites is 2. The Balaban J connectivity index is 2.62. The normalized spacial score (nSPS) is 13.1. The third-order valence-electron chi connectivity index (χ3n) is 1.87. The SMILES string of the molecule is CC(Cl)c1cnc2ccccc2n1. The molecule has 0 bridgehead atoms. The van der Waals surface area contributed by atoms with Gasteiger partial charge in [-0.05, 0) is 19.1 Å². The molecule has 3 heteroatoms. The minimum atomic E-state index is -0.0860. The number of fused-ring (bicyclic) bond motifs is 1. The van der Waals surface area contributed by atoms with Gasteiger partial charge in [-0.15, -0.1) is 11.6 Å². The van der Waals surface area contributed by atoms with Crippen molar-refractivity contribution in [1.29, 1.82) is 0 Å². The Labute approximate surface area is 81.6 Å². The maximum Gasteiger partial charge on any atom is 0.0890 e. The third kappa shape index (κ3) is 1.63. The average Bonchev–Trinajstić information content (AvgIpc) is 2.17. The second-order valence-corrected chi connectivity index (χ2v) is 3.55. The Kier molecular flexibility index (Phi) is 2.15. The fourth-order valence-electron chi connectivity index (χ4n) is 1.16. The molecule has 0 saturated heterocycles. The van der Waals surface area contributed by atoms with Crippen LogP contribution in [0.2, 0.25) is 0 Å². The summed E-state index contributed by atoms with van der Waals surface area (Å²) in [5.74, 6) is 0. The van der Waals surface area contributed by atoms with Gasteiger partial charge in [0.05, 0.1) is 28.3 Å². The first-order chi connectivity index (χ1) is 6.27. The van der Waals surface area contributed by atoms with E-state index in [4.69, 9.17) is 11.6 Å². The van der Waals surface area contributed by atoms with Crippen LogP contribution in [0.5, 0.6) is 0 Å². The fraction of sp³-hybridized carbons (Fsp3) is 0.200. The molecule has 0 fully saturated rings. The summed E-state index contributed by atoms with van der Waals surface area (Å²) in [5, 5.41) is -0.0860. The Bertz CT molecular complexity index is 426. The zero-order valence-electron chi connectivity index (χ0n) is 7.24. The molecule has 1 aromatic carbocycles. The highest BCUT2D eigenvalue weighted by Crippen LogP contribution is 2.18. The van der Waals surface area contributed by atoms with Gasteiger partial charge in [0.15, 0.2) is 0 Å². The Morgan fingerprint density at radius 2 is 1.92 bits per heavy atom. The third-order valence-corrected chi connectivity index (χ3v) is 2.10. The Morgan fingerprint density at radius 3 is 2.62 bits per heavy atom. The van der Waals surface area contributed by atoms with Gasteiger partial charge in [0.2, 0.25) is 0 Å². The quantitative estimate of drug-likeness (QED) is 0.650. The second kappa shape index (κ2) is 3.30. The van der Waals surface area contributed by atoms with Crippen molar-refractivity contribution in [3.8, 4) is 0 Å². The first kappa shape index (κ1) is 8.45. The average molecular weight is 193 g/mol. The van der Waals surface area contributed by atoms with Crippen LogP contribution in [0.4, 0.5) is 0 Å². The van der Waals surface area contributed by atoms with Crippen molar-refractivity contribution in [2.24, 2.45) is 0 Å². The molecule has 0 radical (unpaired) electrons. The number of alkyl halides is 1. The lowest BCUT2D eigenvalue weighted by Crippen LogP contribution is -1.92. The van der Waals surface area contributed by atoms with Crippen LogP contribution in [-0.4, -0.2) is 9.97 Å². The lowest BCUT2D eigenvalue weighted by atomic mass is 10.3. The number of rotatable bonds is 1. The van der Waals surface area contributed by atoms with Gasteiger partial charge in [-0.1, -0.05) is 12.1 Å². The van der Waals surface area contributed by atoms with Gasteiger partial charge in [0.1, 0.15) is 0 Å². The van der Waals surface area contributed by atoms with Crippen LogP contribution in [-0.2, 0) is 0 Å². The summed E-state index contributed by atoms with van der Waals surface area (Å²) in [6.07, 6.45) is 1.72. The van der Waals surface area contributed by atoms with E-state index in [1.54, 1.807) is 6.20 Å². The Morgan fingerprint density at radius 1 is 1.23 bits per heavy atom. The molecule has 66 valence electrons. The molecule has 1 atom stereocenters. The summed E-state index contributed by atoms with van der Waals surface area (Å²) < 4.78 is 0. The van der Waals surface area contributed by atoms with Crippen molar-refractivity contribution in [1.82, 2.24) is 9.97 Å². The van der Waals surface area contributed by atoms with Gasteiger partial charge in [0.25, 0.3) is 0 Å². The number of aromatic nitrogens is 2. The number of hydrogen-bond donors (Lipinski definition) is 0. The summed E-state index contributed by atoms with van der Waals surface area (Å²) in [6.45, 7) is 1.89. The first-order valence-electron chi connectivity index (χ1n) is 4.13. The summed E-state index contributed by atoms with van der Waals surface area (Å²) in [5.41, 5.74) is 2.62. The minimum absolute atomic E-state index is 0.0860. The van der Waals surface area contributed by atoms with E-state index in [1.165, 1.54) is 0 Å². The number of nitrogens with zero attached hydrogens (tertiary/aromatic N) is 2. The molecule has 2 aromatic rings. The Hall–Kier alpha value is -1.15. The van der Waals surface area contributed by atoms with Crippen molar-refractivity contribution in [2.75, 3.05) is 0 Å². The summed E-state index contributed by atoms with van der Waals surface area (Å²) in [6, 6.07) is 7.76. The molecule has 0 aliphatic carbocycles. The van der Waals surface area contributed by atoms with E-state index in [-0.39, 0.29) is 5.38 Å². The minimum Gasteiger partial charge on any atom is -0.253 e. The molecule has 13 heavy (non-hydrogen) atoms. The molecule has 2 nitrogen and oxygen atoms in total. The van der Waals surface area contributed by atoms with Crippen LogP contribution in [0.25, 0.3) is 11.0 Å².